The number of pyridine rings is 1. The molecule has 0 N–H and O–H groups in total. The van der Waals surface area contributed by atoms with Gasteiger partial charge in [0.05, 0.1) is 12.2 Å². The third-order valence-electron chi connectivity index (χ3n) is 2.63. The Morgan fingerprint density at radius 3 is 2.89 bits per heavy atom. The van der Waals surface area contributed by atoms with Crippen LogP contribution in [0.25, 0.3) is 0 Å². The van der Waals surface area contributed by atoms with Crippen LogP contribution in [0, 0.1) is 0 Å². The Morgan fingerprint density at radius 2 is 2.16 bits per heavy atom. The summed E-state index contributed by atoms with van der Waals surface area (Å²) in [5, 5.41) is 0. The minimum absolute atomic E-state index is 0.285. The minimum atomic E-state index is -0.285. The molecule has 0 spiro atoms. The standard InChI is InChI=1S/C15H14BrNO2/c16-14-7-1-6-13(10-14)15(18)19-9-3-5-12-4-2-8-17-11-12/h1-2,4,6-8,10-11H,3,5,9H2. The van der Waals surface area contributed by atoms with Gasteiger partial charge in [-0.2, -0.15) is 0 Å². The summed E-state index contributed by atoms with van der Waals surface area (Å²) in [5.74, 6) is -0.285. The van der Waals surface area contributed by atoms with Gasteiger partial charge < -0.3 is 4.74 Å². The van der Waals surface area contributed by atoms with Crippen molar-refractivity contribution >= 4 is 21.9 Å². The lowest BCUT2D eigenvalue weighted by Crippen LogP contribution is -2.07. The Kier molecular flexibility index (Phi) is 5.10. The molecule has 1 aromatic carbocycles. The average molecular weight is 320 g/mol. The summed E-state index contributed by atoms with van der Waals surface area (Å²) in [4.78, 5) is 15.8. The molecule has 1 heterocycles. The summed E-state index contributed by atoms with van der Waals surface area (Å²) in [6.07, 6.45) is 5.23. The molecule has 0 saturated heterocycles. The largest absolute Gasteiger partial charge is 0.462 e. The zero-order valence-corrected chi connectivity index (χ0v) is 12.0. The second-order valence-electron chi connectivity index (χ2n) is 4.11. The lowest BCUT2D eigenvalue weighted by atomic mass is 10.2. The third-order valence-corrected chi connectivity index (χ3v) is 3.12. The van der Waals surface area contributed by atoms with Crippen LogP contribution in [0.5, 0.6) is 0 Å². The molecular formula is C15H14BrNO2. The van der Waals surface area contributed by atoms with Crippen molar-refractivity contribution in [2.24, 2.45) is 0 Å². The summed E-state index contributed by atoms with van der Waals surface area (Å²) in [6, 6.07) is 11.1. The molecule has 0 fully saturated rings. The number of nitrogens with zero attached hydrogens (tertiary/aromatic N) is 1. The van der Waals surface area contributed by atoms with Crippen LogP contribution in [0.4, 0.5) is 0 Å². The van der Waals surface area contributed by atoms with Crippen LogP contribution in [0.1, 0.15) is 22.3 Å². The van der Waals surface area contributed by atoms with Gasteiger partial charge in [0.15, 0.2) is 0 Å². The van der Waals surface area contributed by atoms with E-state index < -0.39 is 0 Å². The fourth-order valence-electron chi connectivity index (χ4n) is 1.69. The lowest BCUT2D eigenvalue weighted by Gasteiger charge is -2.05. The first-order valence-corrected chi connectivity index (χ1v) is 6.86. The van der Waals surface area contributed by atoms with E-state index in [0.29, 0.717) is 12.2 Å². The molecule has 0 aliphatic carbocycles. The molecule has 1 aromatic heterocycles. The van der Waals surface area contributed by atoms with Crippen LogP contribution in [0.3, 0.4) is 0 Å². The predicted molar refractivity (Wildman–Crippen MR) is 77.0 cm³/mol. The summed E-state index contributed by atoms with van der Waals surface area (Å²) in [6.45, 7) is 0.417. The topological polar surface area (TPSA) is 39.2 Å². The van der Waals surface area contributed by atoms with Crippen molar-refractivity contribution in [1.82, 2.24) is 4.98 Å². The number of aromatic nitrogens is 1. The molecule has 0 aliphatic heterocycles. The van der Waals surface area contributed by atoms with Crippen LogP contribution in [-0.4, -0.2) is 17.6 Å². The van der Waals surface area contributed by atoms with Crippen LogP contribution in [0.15, 0.2) is 53.3 Å². The van der Waals surface area contributed by atoms with Gasteiger partial charge in [-0.05, 0) is 42.7 Å². The summed E-state index contributed by atoms with van der Waals surface area (Å²) in [5.41, 5.74) is 1.72. The van der Waals surface area contributed by atoms with Gasteiger partial charge in [0.2, 0.25) is 0 Å². The maximum Gasteiger partial charge on any atom is 0.338 e. The summed E-state index contributed by atoms with van der Waals surface area (Å²) >= 11 is 3.33. The first-order valence-electron chi connectivity index (χ1n) is 6.07. The second-order valence-corrected chi connectivity index (χ2v) is 5.03. The number of hydrogen-bond acceptors (Lipinski definition) is 3. The maximum absolute atomic E-state index is 11.8. The quantitative estimate of drug-likeness (QED) is 0.624. The molecule has 3 nitrogen and oxygen atoms in total. The second kappa shape index (κ2) is 7.04. The Balaban J connectivity index is 1.75. The maximum atomic E-state index is 11.8. The number of ether oxygens (including phenoxy) is 1. The van der Waals surface area contributed by atoms with Gasteiger partial charge in [0, 0.05) is 16.9 Å². The Hall–Kier alpha value is -1.68. The highest BCUT2D eigenvalue weighted by Gasteiger charge is 2.06. The van der Waals surface area contributed by atoms with Gasteiger partial charge in [0.25, 0.3) is 0 Å². The van der Waals surface area contributed by atoms with Crippen molar-refractivity contribution in [3.8, 4) is 0 Å². The molecule has 0 radical (unpaired) electrons. The van der Waals surface area contributed by atoms with E-state index in [-0.39, 0.29) is 5.97 Å². The van der Waals surface area contributed by atoms with Crippen molar-refractivity contribution < 1.29 is 9.53 Å². The highest BCUT2D eigenvalue weighted by Crippen LogP contribution is 2.12. The molecule has 0 unspecified atom stereocenters. The van der Waals surface area contributed by atoms with Gasteiger partial charge in [-0.3, -0.25) is 4.98 Å². The zero-order valence-electron chi connectivity index (χ0n) is 10.4. The number of hydrogen-bond donors (Lipinski definition) is 0. The van der Waals surface area contributed by atoms with Gasteiger partial charge in [0.1, 0.15) is 0 Å². The van der Waals surface area contributed by atoms with E-state index in [1.807, 2.05) is 30.5 Å². The van der Waals surface area contributed by atoms with E-state index in [0.717, 1.165) is 22.9 Å². The average Bonchev–Trinajstić information content (AvgIpc) is 2.44. The molecule has 0 amide bonds. The van der Waals surface area contributed by atoms with Crippen molar-refractivity contribution in [2.75, 3.05) is 6.61 Å². The number of rotatable bonds is 5. The third kappa shape index (κ3) is 4.48. The Morgan fingerprint density at radius 1 is 1.26 bits per heavy atom. The number of esters is 1. The van der Waals surface area contributed by atoms with Crippen molar-refractivity contribution in [2.45, 2.75) is 12.8 Å². The highest BCUT2D eigenvalue weighted by atomic mass is 79.9. The number of carbonyl (C=O) groups excluding carboxylic acids is 1. The van der Waals surface area contributed by atoms with Crippen LogP contribution in [0.2, 0.25) is 0 Å². The number of aryl methyl sites for hydroxylation is 1. The van der Waals surface area contributed by atoms with Crippen molar-refractivity contribution in [3.63, 3.8) is 0 Å². The summed E-state index contributed by atoms with van der Waals surface area (Å²) < 4.78 is 6.10. The van der Waals surface area contributed by atoms with Crippen LogP contribution in [-0.2, 0) is 11.2 Å². The first kappa shape index (κ1) is 13.7. The van der Waals surface area contributed by atoms with Gasteiger partial charge in [-0.15, -0.1) is 0 Å². The van der Waals surface area contributed by atoms with Gasteiger partial charge in [-0.25, -0.2) is 4.79 Å². The Labute approximate surface area is 120 Å². The summed E-state index contributed by atoms with van der Waals surface area (Å²) in [7, 11) is 0. The monoisotopic (exact) mass is 319 g/mol. The molecular weight excluding hydrogens is 306 g/mol. The number of carbonyl (C=O) groups is 1. The van der Waals surface area contributed by atoms with Crippen molar-refractivity contribution in [3.05, 3.63) is 64.4 Å². The molecule has 2 aromatic rings. The normalized spacial score (nSPS) is 10.2. The van der Waals surface area contributed by atoms with Gasteiger partial charge in [-0.1, -0.05) is 28.1 Å². The fourth-order valence-corrected chi connectivity index (χ4v) is 2.09. The zero-order chi connectivity index (χ0) is 13.5. The minimum Gasteiger partial charge on any atom is -0.462 e. The van der Waals surface area contributed by atoms with Crippen LogP contribution < -0.4 is 0 Å². The van der Waals surface area contributed by atoms with Crippen molar-refractivity contribution in [1.29, 1.82) is 0 Å². The van der Waals surface area contributed by atoms with E-state index in [4.69, 9.17) is 4.74 Å². The van der Waals surface area contributed by atoms with Crippen LogP contribution >= 0.6 is 15.9 Å². The Bertz CT molecular complexity index is 543. The van der Waals surface area contributed by atoms with E-state index in [2.05, 4.69) is 20.9 Å². The van der Waals surface area contributed by atoms with E-state index in [1.165, 1.54) is 0 Å². The van der Waals surface area contributed by atoms with E-state index in [1.54, 1.807) is 18.3 Å². The lowest BCUT2D eigenvalue weighted by molar-refractivity contribution is 0.0500. The van der Waals surface area contributed by atoms with Gasteiger partial charge >= 0.3 is 5.97 Å². The molecule has 0 bridgehead atoms. The number of benzene rings is 1. The molecule has 0 saturated carbocycles. The molecule has 19 heavy (non-hydrogen) atoms. The molecule has 2 rings (SSSR count). The predicted octanol–water partition coefficient (Wildman–Crippen LogP) is 3.63. The SMILES string of the molecule is O=C(OCCCc1cccnc1)c1cccc(Br)c1. The first-order chi connectivity index (χ1) is 9.25. The molecule has 0 aliphatic rings. The molecule has 0 atom stereocenters. The smallest absolute Gasteiger partial charge is 0.338 e. The highest BCUT2D eigenvalue weighted by molar-refractivity contribution is 9.10. The molecule has 4 heteroatoms. The fraction of sp³-hybridized carbons (Fsp3) is 0.200. The molecule has 98 valence electrons. The van der Waals surface area contributed by atoms with E-state index in [9.17, 15) is 4.79 Å². The number of halogens is 1. The van der Waals surface area contributed by atoms with E-state index >= 15 is 0 Å².